The number of aromatic carboxylic acids is 1. The third-order valence-corrected chi connectivity index (χ3v) is 2.67. The van der Waals surface area contributed by atoms with Crippen LogP contribution in [0.1, 0.15) is 20.7 Å². The van der Waals surface area contributed by atoms with Gasteiger partial charge < -0.3 is 10.4 Å². The molecular formula is C13H8ClFN2O3. The fraction of sp³-hybridized carbons (Fsp3) is 0. The average molecular weight is 295 g/mol. The molecule has 2 N–H and O–H groups in total. The number of rotatable bonds is 3. The Kier molecular flexibility index (Phi) is 3.95. The Labute approximate surface area is 118 Å². The topological polar surface area (TPSA) is 79.3 Å². The van der Waals surface area contributed by atoms with Crippen LogP contribution in [-0.2, 0) is 0 Å². The fourth-order valence-electron chi connectivity index (χ4n) is 1.48. The Morgan fingerprint density at radius 1 is 1.25 bits per heavy atom. The maximum Gasteiger partial charge on any atom is 0.338 e. The van der Waals surface area contributed by atoms with Crippen LogP contribution in [0.25, 0.3) is 0 Å². The van der Waals surface area contributed by atoms with E-state index in [0.29, 0.717) is 0 Å². The number of hydrogen-bond acceptors (Lipinski definition) is 3. The predicted molar refractivity (Wildman–Crippen MR) is 70.6 cm³/mol. The number of amides is 1. The van der Waals surface area contributed by atoms with Crippen LogP contribution >= 0.6 is 11.6 Å². The van der Waals surface area contributed by atoms with Crippen LogP contribution in [0.5, 0.6) is 0 Å². The van der Waals surface area contributed by atoms with Gasteiger partial charge in [0.25, 0.3) is 5.91 Å². The lowest BCUT2D eigenvalue weighted by Gasteiger charge is -2.06. The molecule has 7 heteroatoms. The SMILES string of the molecule is O=C(Nc1ccc(C(=O)O)c(F)c1)c1ccc(Cl)nc1. The quantitative estimate of drug-likeness (QED) is 0.853. The summed E-state index contributed by atoms with van der Waals surface area (Å²) in [5, 5.41) is 11.4. The van der Waals surface area contributed by atoms with Gasteiger partial charge in [-0.05, 0) is 30.3 Å². The molecule has 2 aromatic rings. The zero-order chi connectivity index (χ0) is 14.7. The lowest BCUT2D eigenvalue weighted by atomic mass is 10.2. The van der Waals surface area contributed by atoms with Gasteiger partial charge in [-0.25, -0.2) is 14.2 Å². The minimum Gasteiger partial charge on any atom is -0.478 e. The second-order valence-corrected chi connectivity index (χ2v) is 4.21. The molecule has 0 aliphatic rings. The molecule has 1 aromatic heterocycles. The minimum atomic E-state index is -1.37. The first-order valence-corrected chi connectivity index (χ1v) is 5.81. The number of halogens is 2. The molecule has 1 heterocycles. The molecule has 0 radical (unpaired) electrons. The van der Waals surface area contributed by atoms with E-state index in [1.54, 1.807) is 0 Å². The molecule has 102 valence electrons. The second-order valence-electron chi connectivity index (χ2n) is 3.82. The zero-order valence-electron chi connectivity index (χ0n) is 9.93. The van der Waals surface area contributed by atoms with Crippen molar-refractivity contribution in [3.8, 4) is 0 Å². The molecule has 0 spiro atoms. The first-order valence-electron chi connectivity index (χ1n) is 5.43. The van der Waals surface area contributed by atoms with Crippen LogP contribution in [0, 0.1) is 5.82 Å². The lowest BCUT2D eigenvalue weighted by molar-refractivity contribution is 0.0692. The molecule has 0 aliphatic heterocycles. The average Bonchev–Trinajstić information content (AvgIpc) is 2.39. The molecule has 1 aromatic carbocycles. The Hall–Kier alpha value is -2.47. The van der Waals surface area contributed by atoms with Crippen molar-refractivity contribution in [2.75, 3.05) is 5.32 Å². The van der Waals surface area contributed by atoms with Crippen LogP contribution in [0.2, 0.25) is 5.15 Å². The van der Waals surface area contributed by atoms with Crippen molar-refractivity contribution >= 4 is 29.2 Å². The Bertz CT molecular complexity index is 674. The predicted octanol–water partition coefficient (Wildman–Crippen LogP) is 2.82. The number of carbonyl (C=O) groups is 2. The molecule has 0 atom stereocenters. The summed E-state index contributed by atoms with van der Waals surface area (Å²) in [7, 11) is 0. The number of aromatic nitrogens is 1. The van der Waals surface area contributed by atoms with Gasteiger partial charge in [0.2, 0.25) is 0 Å². The van der Waals surface area contributed by atoms with E-state index in [-0.39, 0.29) is 16.4 Å². The van der Waals surface area contributed by atoms with Crippen molar-refractivity contribution in [3.63, 3.8) is 0 Å². The Balaban J connectivity index is 2.18. The number of nitrogens with zero attached hydrogens (tertiary/aromatic N) is 1. The fourth-order valence-corrected chi connectivity index (χ4v) is 1.59. The summed E-state index contributed by atoms with van der Waals surface area (Å²) in [4.78, 5) is 26.2. The van der Waals surface area contributed by atoms with Gasteiger partial charge in [-0.2, -0.15) is 0 Å². The third-order valence-electron chi connectivity index (χ3n) is 2.45. The van der Waals surface area contributed by atoms with Crippen LogP contribution < -0.4 is 5.32 Å². The molecule has 0 saturated carbocycles. The second kappa shape index (κ2) is 5.66. The number of pyridine rings is 1. The highest BCUT2D eigenvalue weighted by Gasteiger charge is 2.12. The number of carbonyl (C=O) groups excluding carboxylic acids is 1. The number of carboxylic acid groups (broad SMARTS) is 1. The normalized spacial score (nSPS) is 10.1. The van der Waals surface area contributed by atoms with E-state index >= 15 is 0 Å². The van der Waals surface area contributed by atoms with Crippen LogP contribution in [0.15, 0.2) is 36.5 Å². The molecule has 5 nitrogen and oxygen atoms in total. The van der Waals surface area contributed by atoms with Crippen molar-refractivity contribution in [2.45, 2.75) is 0 Å². The minimum absolute atomic E-state index is 0.146. The highest BCUT2D eigenvalue weighted by atomic mass is 35.5. The van der Waals surface area contributed by atoms with Gasteiger partial charge in [0, 0.05) is 11.9 Å². The summed E-state index contributed by atoms with van der Waals surface area (Å²) in [6, 6.07) is 6.23. The van der Waals surface area contributed by atoms with Crippen LogP contribution in [0.4, 0.5) is 10.1 Å². The molecule has 0 fully saturated rings. The van der Waals surface area contributed by atoms with Crippen LogP contribution in [-0.4, -0.2) is 22.0 Å². The zero-order valence-corrected chi connectivity index (χ0v) is 10.7. The molecule has 0 bridgehead atoms. The number of nitrogens with one attached hydrogen (secondary N) is 1. The smallest absolute Gasteiger partial charge is 0.338 e. The van der Waals surface area contributed by atoms with E-state index in [4.69, 9.17) is 16.7 Å². The van der Waals surface area contributed by atoms with E-state index in [0.717, 1.165) is 12.1 Å². The van der Waals surface area contributed by atoms with E-state index in [1.165, 1.54) is 24.4 Å². The van der Waals surface area contributed by atoms with Gasteiger partial charge in [0.1, 0.15) is 11.0 Å². The molecular weight excluding hydrogens is 287 g/mol. The summed E-state index contributed by atoms with van der Waals surface area (Å²) >= 11 is 5.60. The summed E-state index contributed by atoms with van der Waals surface area (Å²) in [5.74, 6) is -2.80. The molecule has 20 heavy (non-hydrogen) atoms. The molecule has 0 aliphatic carbocycles. The van der Waals surface area contributed by atoms with Gasteiger partial charge in [-0.3, -0.25) is 4.79 Å². The van der Waals surface area contributed by atoms with Crippen molar-refractivity contribution in [2.24, 2.45) is 0 Å². The number of benzene rings is 1. The van der Waals surface area contributed by atoms with Crippen molar-refractivity contribution < 1.29 is 19.1 Å². The van der Waals surface area contributed by atoms with Crippen molar-refractivity contribution in [1.82, 2.24) is 4.98 Å². The molecule has 1 amide bonds. The largest absolute Gasteiger partial charge is 0.478 e. The first kappa shape index (κ1) is 14.0. The highest BCUT2D eigenvalue weighted by molar-refractivity contribution is 6.29. The Morgan fingerprint density at radius 3 is 2.55 bits per heavy atom. The Morgan fingerprint density at radius 2 is 2.00 bits per heavy atom. The summed E-state index contributed by atoms with van der Waals surface area (Å²) in [5.41, 5.74) is -0.0688. The van der Waals surface area contributed by atoms with Gasteiger partial charge in [0.05, 0.1) is 11.1 Å². The molecule has 0 saturated heterocycles. The third kappa shape index (κ3) is 3.10. The monoisotopic (exact) mass is 294 g/mol. The van der Waals surface area contributed by atoms with Gasteiger partial charge in [0.15, 0.2) is 0 Å². The summed E-state index contributed by atoms with van der Waals surface area (Å²) < 4.78 is 13.4. The first-order chi connectivity index (χ1) is 9.47. The van der Waals surface area contributed by atoms with Crippen molar-refractivity contribution in [3.05, 3.63) is 58.6 Å². The number of hydrogen-bond donors (Lipinski definition) is 2. The van der Waals surface area contributed by atoms with Gasteiger partial charge in [-0.1, -0.05) is 11.6 Å². The number of carboxylic acids is 1. The maximum absolute atomic E-state index is 13.4. The number of anilines is 1. The molecule has 2 rings (SSSR count). The summed E-state index contributed by atoms with van der Waals surface area (Å²) in [6.45, 7) is 0. The van der Waals surface area contributed by atoms with E-state index in [2.05, 4.69) is 10.3 Å². The van der Waals surface area contributed by atoms with E-state index in [1.807, 2.05) is 0 Å². The van der Waals surface area contributed by atoms with Gasteiger partial charge >= 0.3 is 5.97 Å². The molecule has 0 unspecified atom stereocenters. The van der Waals surface area contributed by atoms with E-state index in [9.17, 15) is 14.0 Å². The maximum atomic E-state index is 13.4. The van der Waals surface area contributed by atoms with Gasteiger partial charge in [-0.15, -0.1) is 0 Å². The van der Waals surface area contributed by atoms with Crippen LogP contribution in [0.3, 0.4) is 0 Å². The highest BCUT2D eigenvalue weighted by Crippen LogP contribution is 2.16. The standard InChI is InChI=1S/C13H8ClFN2O3/c14-11-4-1-7(6-16-11)12(18)17-8-2-3-9(13(19)20)10(15)5-8/h1-6H,(H,17,18)(H,19,20). The lowest BCUT2D eigenvalue weighted by Crippen LogP contribution is -2.12. The van der Waals surface area contributed by atoms with E-state index < -0.39 is 23.3 Å². The van der Waals surface area contributed by atoms with Crippen molar-refractivity contribution in [1.29, 1.82) is 0 Å². The summed E-state index contributed by atoms with van der Waals surface area (Å²) in [6.07, 6.45) is 1.28.